The molecule has 1 unspecified atom stereocenters. The quantitative estimate of drug-likeness (QED) is 0.824. The zero-order valence-corrected chi connectivity index (χ0v) is 10.9. The van der Waals surface area contributed by atoms with E-state index in [0.29, 0.717) is 6.54 Å². The summed E-state index contributed by atoms with van der Waals surface area (Å²) in [5.74, 6) is 0.142. The van der Waals surface area contributed by atoms with E-state index in [1.54, 1.807) is 0 Å². The van der Waals surface area contributed by atoms with Crippen LogP contribution in [0.2, 0.25) is 0 Å². The number of amides is 1. The maximum absolute atomic E-state index is 12.4. The van der Waals surface area contributed by atoms with Crippen molar-refractivity contribution in [2.45, 2.75) is 25.4 Å². The van der Waals surface area contributed by atoms with Gasteiger partial charge in [-0.2, -0.15) is 0 Å². The first-order valence-electron chi connectivity index (χ1n) is 6.40. The third-order valence-electron chi connectivity index (χ3n) is 3.40. The van der Waals surface area contributed by atoms with Gasteiger partial charge in [-0.05, 0) is 25.5 Å². The van der Waals surface area contributed by atoms with Gasteiger partial charge in [0.2, 0.25) is 5.91 Å². The molecule has 1 aliphatic heterocycles. The first kappa shape index (κ1) is 12.8. The van der Waals surface area contributed by atoms with E-state index < -0.39 is 0 Å². The third kappa shape index (κ3) is 2.79. The zero-order chi connectivity index (χ0) is 13.0. The molecule has 1 saturated heterocycles. The summed E-state index contributed by atoms with van der Waals surface area (Å²) in [7, 11) is 1.82. The van der Waals surface area contributed by atoms with Crippen LogP contribution in [0.1, 0.15) is 18.4 Å². The molecule has 3 nitrogen and oxygen atoms in total. The molecule has 2 rings (SSSR count). The first-order chi connectivity index (χ1) is 8.72. The lowest BCUT2D eigenvalue weighted by Gasteiger charge is -2.24. The van der Waals surface area contributed by atoms with E-state index >= 15 is 0 Å². The highest BCUT2D eigenvalue weighted by molar-refractivity contribution is 5.85. The lowest BCUT2D eigenvalue weighted by molar-refractivity contribution is -0.132. The highest BCUT2D eigenvalue weighted by atomic mass is 16.2. The maximum Gasteiger partial charge on any atom is 0.244 e. The molecule has 3 heteroatoms. The van der Waals surface area contributed by atoms with Gasteiger partial charge in [0.1, 0.15) is 6.04 Å². The number of likely N-dealkylation sites (tertiary alicyclic amines) is 1. The Morgan fingerprint density at radius 1 is 1.39 bits per heavy atom. The van der Waals surface area contributed by atoms with E-state index in [9.17, 15) is 4.79 Å². The molecule has 0 saturated carbocycles. The van der Waals surface area contributed by atoms with Crippen LogP contribution in [0, 0.1) is 0 Å². The van der Waals surface area contributed by atoms with Crippen LogP contribution in [-0.2, 0) is 11.3 Å². The average molecular weight is 244 g/mol. The Balaban J connectivity index is 2.12. The number of hydrogen-bond acceptors (Lipinski definition) is 2. The number of hydrogen-bond donors (Lipinski definition) is 1. The minimum absolute atomic E-state index is 0.142. The maximum atomic E-state index is 12.4. The normalized spacial score (nSPS) is 20.9. The molecular weight excluding hydrogens is 224 g/mol. The molecule has 1 fully saturated rings. The van der Waals surface area contributed by atoms with E-state index in [4.69, 9.17) is 0 Å². The van der Waals surface area contributed by atoms with Gasteiger partial charge >= 0.3 is 0 Å². The van der Waals surface area contributed by atoms with Crippen molar-refractivity contribution in [1.82, 2.24) is 10.2 Å². The number of nitrogens with zero attached hydrogens (tertiary/aromatic N) is 1. The van der Waals surface area contributed by atoms with Crippen LogP contribution in [0.4, 0.5) is 0 Å². The number of carbonyl (C=O) groups is 1. The summed E-state index contributed by atoms with van der Waals surface area (Å²) in [6.07, 6.45) is 1.91. The van der Waals surface area contributed by atoms with Crippen LogP contribution >= 0.6 is 0 Å². The minimum Gasteiger partial charge on any atom is -0.337 e. The second-order valence-electron chi connectivity index (χ2n) is 4.73. The van der Waals surface area contributed by atoms with Crippen LogP contribution in [0.3, 0.4) is 0 Å². The molecule has 1 N–H and O–H groups in total. The Morgan fingerprint density at radius 3 is 2.78 bits per heavy atom. The first-order valence-corrected chi connectivity index (χ1v) is 6.40. The van der Waals surface area contributed by atoms with E-state index in [1.807, 2.05) is 30.1 Å². The van der Waals surface area contributed by atoms with Crippen molar-refractivity contribution in [3.05, 3.63) is 48.0 Å². The molecule has 1 aromatic rings. The molecule has 18 heavy (non-hydrogen) atoms. The predicted molar refractivity (Wildman–Crippen MR) is 73.1 cm³/mol. The summed E-state index contributed by atoms with van der Waals surface area (Å²) in [6, 6.07) is 9.89. The van der Waals surface area contributed by atoms with Gasteiger partial charge in [-0.1, -0.05) is 42.5 Å². The fourth-order valence-electron chi connectivity index (χ4n) is 2.40. The number of nitrogens with one attached hydrogen (secondary N) is 1. The SMILES string of the molecule is C=C1CCCN(Cc2ccccc2)C(=O)C1NC. The van der Waals surface area contributed by atoms with Crippen molar-refractivity contribution < 1.29 is 4.79 Å². The Morgan fingerprint density at radius 2 is 2.11 bits per heavy atom. The van der Waals surface area contributed by atoms with Crippen LogP contribution < -0.4 is 5.32 Å². The lowest BCUT2D eigenvalue weighted by Crippen LogP contribution is -2.44. The van der Waals surface area contributed by atoms with Crippen molar-refractivity contribution in [3.8, 4) is 0 Å². The minimum atomic E-state index is -0.226. The Hall–Kier alpha value is -1.61. The Bertz CT molecular complexity index is 427. The number of rotatable bonds is 3. The van der Waals surface area contributed by atoms with Gasteiger partial charge in [-0.3, -0.25) is 4.79 Å². The summed E-state index contributed by atoms with van der Waals surface area (Å²) >= 11 is 0. The molecule has 0 bridgehead atoms. The van der Waals surface area contributed by atoms with Crippen LogP contribution in [0.5, 0.6) is 0 Å². The second kappa shape index (κ2) is 5.83. The Kier molecular flexibility index (Phi) is 4.15. The average Bonchev–Trinajstić information content (AvgIpc) is 2.51. The van der Waals surface area contributed by atoms with Crippen molar-refractivity contribution >= 4 is 5.91 Å². The van der Waals surface area contributed by atoms with Gasteiger partial charge in [0.05, 0.1) is 0 Å². The standard InChI is InChI=1S/C15H20N2O/c1-12-7-6-10-17(15(18)14(12)16-2)11-13-8-4-3-5-9-13/h3-5,8-9,14,16H,1,6-7,10-11H2,2H3. The van der Waals surface area contributed by atoms with Crippen molar-refractivity contribution in [1.29, 1.82) is 0 Å². The third-order valence-corrected chi connectivity index (χ3v) is 3.40. The summed E-state index contributed by atoms with van der Waals surface area (Å²) in [4.78, 5) is 14.3. The number of benzene rings is 1. The monoisotopic (exact) mass is 244 g/mol. The van der Waals surface area contributed by atoms with Gasteiger partial charge in [-0.25, -0.2) is 0 Å². The smallest absolute Gasteiger partial charge is 0.244 e. The molecule has 1 heterocycles. The Labute approximate surface area is 108 Å². The van der Waals surface area contributed by atoms with Crippen LogP contribution in [-0.4, -0.2) is 30.4 Å². The van der Waals surface area contributed by atoms with E-state index in [1.165, 1.54) is 5.56 Å². The highest BCUT2D eigenvalue weighted by Gasteiger charge is 2.27. The van der Waals surface area contributed by atoms with Crippen LogP contribution in [0.15, 0.2) is 42.5 Å². The van der Waals surface area contributed by atoms with Crippen molar-refractivity contribution in [2.24, 2.45) is 0 Å². The zero-order valence-electron chi connectivity index (χ0n) is 10.9. The fraction of sp³-hybridized carbons (Fsp3) is 0.400. The molecular formula is C15H20N2O. The fourth-order valence-corrected chi connectivity index (χ4v) is 2.40. The predicted octanol–water partition coefficient (Wildman–Crippen LogP) is 1.95. The summed E-state index contributed by atoms with van der Waals surface area (Å²) in [5, 5.41) is 3.07. The molecule has 1 amide bonds. The molecule has 1 aromatic carbocycles. The number of likely N-dealkylation sites (N-methyl/N-ethyl adjacent to an activating group) is 1. The molecule has 1 atom stereocenters. The highest BCUT2D eigenvalue weighted by Crippen LogP contribution is 2.18. The molecule has 1 aliphatic rings. The van der Waals surface area contributed by atoms with Gasteiger partial charge in [0.25, 0.3) is 0 Å². The second-order valence-corrected chi connectivity index (χ2v) is 4.73. The molecule has 0 aromatic heterocycles. The van der Waals surface area contributed by atoms with Gasteiger partial charge in [0.15, 0.2) is 0 Å². The topological polar surface area (TPSA) is 32.3 Å². The molecule has 0 aliphatic carbocycles. The van der Waals surface area contributed by atoms with Crippen molar-refractivity contribution in [2.75, 3.05) is 13.6 Å². The summed E-state index contributed by atoms with van der Waals surface area (Å²) in [6.45, 7) is 5.50. The number of carbonyl (C=O) groups excluding carboxylic acids is 1. The van der Waals surface area contributed by atoms with Gasteiger partial charge < -0.3 is 10.2 Å². The summed E-state index contributed by atoms with van der Waals surface area (Å²) in [5.41, 5.74) is 2.17. The van der Waals surface area contributed by atoms with Crippen LogP contribution in [0.25, 0.3) is 0 Å². The molecule has 0 radical (unpaired) electrons. The largest absolute Gasteiger partial charge is 0.337 e. The van der Waals surface area contributed by atoms with Gasteiger partial charge in [-0.15, -0.1) is 0 Å². The van der Waals surface area contributed by atoms with Gasteiger partial charge in [0, 0.05) is 13.1 Å². The van der Waals surface area contributed by atoms with E-state index in [0.717, 1.165) is 25.0 Å². The lowest BCUT2D eigenvalue weighted by atomic mass is 10.1. The molecule has 0 spiro atoms. The van der Waals surface area contributed by atoms with E-state index in [-0.39, 0.29) is 11.9 Å². The summed E-state index contributed by atoms with van der Waals surface area (Å²) < 4.78 is 0. The molecule has 96 valence electrons. The van der Waals surface area contributed by atoms with E-state index in [2.05, 4.69) is 24.0 Å². The van der Waals surface area contributed by atoms with Crippen molar-refractivity contribution in [3.63, 3.8) is 0 Å².